The van der Waals surface area contributed by atoms with Gasteiger partial charge in [0.05, 0.1) is 32.6 Å². The highest BCUT2D eigenvalue weighted by Crippen LogP contribution is 2.47. The van der Waals surface area contributed by atoms with E-state index in [4.69, 9.17) is 4.74 Å². The molecule has 2 heterocycles. The first-order chi connectivity index (χ1) is 21.1. The molecule has 0 atom stereocenters. The quantitative estimate of drug-likeness (QED) is 0.315. The maximum Gasteiger partial charge on any atom is 0.303 e. The number of carbonyl (C=O) groups excluding carboxylic acids is 2. The zero-order valence-corrected chi connectivity index (χ0v) is 26.2. The number of nitrogens with zero attached hydrogens (tertiary/aromatic N) is 3. The third-order valence-corrected chi connectivity index (χ3v) is 9.96. The highest BCUT2D eigenvalue weighted by molar-refractivity contribution is 7.87. The predicted octanol–water partition coefficient (Wildman–Crippen LogP) is 3.11. The van der Waals surface area contributed by atoms with Gasteiger partial charge in [-0.2, -0.15) is 12.7 Å². The molecule has 236 valence electrons. The van der Waals surface area contributed by atoms with Gasteiger partial charge in [-0.25, -0.2) is 4.72 Å². The van der Waals surface area contributed by atoms with Crippen LogP contribution in [0.4, 0.5) is 0 Å². The summed E-state index contributed by atoms with van der Waals surface area (Å²) in [5, 5.41) is 20.2. The van der Waals surface area contributed by atoms with E-state index in [1.807, 2.05) is 30.3 Å². The fraction of sp³-hybridized carbons (Fsp3) is 0.438. The number of methoxy groups -OCH3 is 1. The van der Waals surface area contributed by atoms with Crippen LogP contribution in [-0.2, 0) is 21.5 Å². The van der Waals surface area contributed by atoms with Crippen LogP contribution >= 0.6 is 0 Å². The molecule has 44 heavy (non-hydrogen) atoms. The molecule has 0 unspecified atom stereocenters. The van der Waals surface area contributed by atoms with Gasteiger partial charge in [-0.15, -0.1) is 0 Å². The molecule has 0 saturated heterocycles. The van der Waals surface area contributed by atoms with Gasteiger partial charge in [0.25, 0.3) is 11.8 Å². The molecule has 2 aliphatic rings. The number of carbonyl (C=O) groups is 2. The van der Waals surface area contributed by atoms with E-state index in [2.05, 4.69) is 9.29 Å². The van der Waals surface area contributed by atoms with Gasteiger partial charge in [-0.05, 0) is 66.3 Å². The number of aliphatic hydroxyl groups is 2. The minimum absolute atomic E-state index is 0.0684. The number of hydrogen-bond acceptors (Lipinski definition) is 7. The second-order valence-corrected chi connectivity index (χ2v) is 13.4. The second-order valence-electron chi connectivity index (χ2n) is 11.5. The fourth-order valence-corrected chi connectivity index (χ4v) is 6.87. The molecule has 0 radical (unpaired) electrons. The number of nitrogens with one attached hydrogen (secondary N) is 1. The largest absolute Gasteiger partial charge is 0.497 e. The van der Waals surface area contributed by atoms with Crippen molar-refractivity contribution in [1.82, 2.24) is 18.5 Å². The van der Waals surface area contributed by atoms with Gasteiger partial charge >= 0.3 is 10.2 Å². The highest BCUT2D eigenvalue weighted by Gasteiger charge is 2.31. The summed E-state index contributed by atoms with van der Waals surface area (Å²) < 4.78 is 35.5. The fourth-order valence-electron chi connectivity index (χ4n) is 6.34. The summed E-state index contributed by atoms with van der Waals surface area (Å²) in [6.07, 6.45) is 7.25. The van der Waals surface area contributed by atoms with Gasteiger partial charge in [-0.3, -0.25) is 9.59 Å². The zero-order valence-electron chi connectivity index (χ0n) is 25.4. The lowest BCUT2D eigenvalue weighted by Crippen LogP contribution is -2.39. The number of benzene rings is 2. The third kappa shape index (κ3) is 6.12. The Kier molecular flexibility index (Phi) is 9.45. The van der Waals surface area contributed by atoms with Crippen LogP contribution in [0.2, 0.25) is 0 Å². The Hall–Kier alpha value is -3.71. The van der Waals surface area contributed by atoms with Crippen LogP contribution in [0.15, 0.2) is 42.0 Å². The Morgan fingerprint density at radius 3 is 2.36 bits per heavy atom. The third-order valence-electron chi connectivity index (χ3n) is 8.56. The van der Waals surface area contributed by atoms with Crippen molar-refractivity contribution in [2.45, 2.75) is 44.6 Å². The monoisotopic (exact) mass is 624 g/mol. The van der Waals surface area contributed by atoms with Crippen LogP contribution < -0.4 is 9.46 Å². The smallest absolute Gasteiger partial charge is 0.303 e. The molecule has 0 spiro atoms. The van der Waals surface area contributed by atoms with Crippen molar-refractivity contribution < 1.29 is 33.0 Å². The molecule has 0 bridgehead atoms. The lowest BCUT2D eigenvalue weighted by molar-refractivity contribution is -0.128. The van der Waals surface area contributed by atoms with Gasteiger partial charge in [0.15, 0.2) is 0 Å². The van der Waals surface area contributed by atoms with E-state index in [1.165, 1.54) is 25.4 Å². The van der Waals surface area contributed by atoms with Crippen LogP contribution in [0, 0.1) is 0 Å². The topological polar surface area (TPSA) is 141 Å². The van der Waals surface area contributed by atoms with Crippen LogP contribution in [-0.4, -0.2) is 91.7 Å². The molecular formula is C32H40N4O7S. The van der Waals surface area contributed by atoms with E-state index in [0.717, 1.165) is 57.8 Å². The van der Waals surface area contributed by atoms with Crippen molar-refractivity contribution in [1.29, 1.82) is 0 Å². The lowest BCUT2D eigenvalue weighted by Gasteiger charge is -2.24. The number of fused-ring (bicyclic) bond motifs is 5. The van der Waals surface area contributed by atoms with Gasteiger partial charge < -0.3 is 24.4 Å². The van der Waals surface area contributed by atoms with E-state index in [-0.39, 0.29) is 50.2 Å². The molecule has 5 rings (SSSR count). The number of hydrogen-bond donors (Lipinski definition) is 3. The molecule has 1 aliphatic heterocycles. The molecule has 1 saturated carbocycles. The van der Waals surface area contributed by atoms with Gasteiger partial charge in [0.1, 0.15) is 5.75 Å². The Bertz CT molecular complexity index is 1700. The Morgan fingerprint density at radius 2 is 1.73 bits per heavy atom. The van der Waals surface area contributed by atoms with Gasteiger partial charge in [0.2, 0.25) is 0 Å². The van der Waals surface area contributed by atoms with Crippen molar-refractivity contribution in [3.8, 4) is 17.0 Å². The first-order valence-corrected chi connectivity index (χ1v) is 16.3. The number of aliphatic hydroxyl groups excluding tert-OH is 2. The zero-order chi connectivity index (χ0) is 31.6. The molecule has 2 aromatic carbocycles. The standard InChI is InChI=1S/C32H40N4O7S/c1-34(2)44(41,42)33-31(39)22-9-11-27-28(19-22)36-20-24(32(40)35(13-15-37)14-16-38)17-23-18-25(43-3)10-12-26(23)30(36)29(27)21-7-5-4-6-8-21/h9-12,17-19,21,37-38H,4-8,13-16,20H2,1-3H3,(H,33,39). The number of ether oxygens (including phenoxy) is 1. The minimum Gasteiger partial charge on any atom is -0.497 e. The van der Waals surface area contributed by atoms with E-state index < -0.39 is 16.1 Å². The summed E-state index contributed by atoms with van der Waals surface area (Å²) in [5.41, 5.74) is 5.17. The molecular weight excluding hydrogens is 584 g/mol. The first kappa shape index (κ1) is 31.7. The van der Waals surface area contributed by atoms with Gasteiger partial charge in [0, 0.05) is 54.8 Å². The summed E-state index contributed by atoms with van der Waals surface area (Å²) in [7, 11) is 0.270. The van der Waals surface area contributed by atoms with E-state index in [9.17, 15) is 28.2 Å². The molecule has 3 N–H and O–H groups in total. The van der Waals surface area contributed by atoms with Crippen molar-refractivity contribution in [3.63, 3.8) is 0 Å². The van der Waals surface area contributed by atoms with Crippen molar-refractivity contribution in [2.75, 3.05) is 47.5 Å². The molecule has 3 aromatic rings. The summed E-state index contributed by atoms with van der Waals surface area (Å²) >= 11 is 0. The Morgan fingerprint density at radius 1 is 1.02 bits per heavy atom. The number of rotatable bonds is 10. The van der Waals surface area contributed by atoms with Crippen LogP contribution in [0.1, 0.15) is 59.5 Å². The van der Waals surface area contributed by atoms with Gasteiger partial charge in [-0.1, -0.05) is 25.3 Å². The van der Waals surface area contributed by atoms with E-state index >= 15 is 0 Å². The molecule has 1 fully saturated rings. The normalized spacial score (nSPS) is 15.4. The van der Waals surface area contributed by atoms with Crippen LogP contribution in [0.5, 0.6) is 5.75 Å². The number of aromatic nitrogens is 1. The molecule has 12 heteroatoms. The predicted molar refractivity (Wildman–Crippen MR) is 169 cm³/mol. The van der Waals surface area contributed by atoms with E-state index in [0.29, 0.717) is 16.8 Å². The lowest BCUT2D eigenvalue weighted by atomic mass is 9.81. The average Bonchev–Trinajstić information content (AvgIpc) is 3.22. The molecule has 1 aromatic heterocycles. The molecule has 1 aliphatic carbocycles. The van der Waals surface area contributed by atoms with Crippen LogP contribution in [0.3, 0.4) is 0 Å². The highest BCUT2D eigenvalue weighted by atomic mass is 32.2. The van der Waals surface area contributed by atoms with Crippen molar-refractivity contribution in [2.24, 2.45) is 0 Å². The maximum absolute atomic E-state index is 13.9. The average molecular weight is 625 g/mol. The van der Waals surface area contributed by atoms with Crippen molar-refractivity contribution in [3.05, 3.63) is 58.7 Å². The maximum atomic E-state index is 13.9. The molecule has 2 amide bonds. The number of amides is 2. The SMILES string of the molecule is COc1ccc2c(c1)C=C(C(=O)N(CCO)CCO)Cn1c-2c(C2CCCCC2)c2ccc(C(=O)NS(=O)(=O)N(C)C)cc21. The Balaban J connectivity index is 1.75. The van der Waals surface area contributed by atoms with Crippen molar-refractivity contribution >= 4 is 39.0 Å². The summed E-state index contributed by atoms with van der Waals surface area (Å²) in [6.45, 7) is -0.191. The molecule has 11 nitrogen and oxygen atoms in total. The minimum atomic E-state index is -4.01. The second kappa shape index (κ2) is 13.1. The summed E-state index contributed by atoms with van der Waals surface area (Å²) in [4.78, 5) is 28.5. The first-order valence-electron chi connectivity index (χ1n) is 14.9. The van der Waals surface area contributed by atoms with Crippen LogP contribution in [0.25, 0.3) is 28.2 Å². The Labute approximate surface area is 257 Å². The van der Waals surface area contributed by atoms with E-state index in [1.54, 1.807) is 19.2 Å². The summed E-state index contributed by atoms with van der Waals surface area (Å²) in [5.74, 6) is -0.164. The summed E-state index contributed by atoms with van der Waals surface area (Å²) in [6, 6.07) is 11.0.